The summed E-state index contributed by atoms with van der Waals surface area (Å²) in [5, 5.41) is 8.91. The van der Waals surface area contributed by atoms with E-state index in [0.29, 0.717) is 26.1 Å². The highest BCUT2D eigenvalue weighted by Crippen LogP contribution is 2.08. The van der Waals surface area contributed by atoms with Crippen LogP contribution < -0.4 is 5.73 Å². The van der Waals surface area contributed by atoms with Gasteiger partial charge in [0, 0.05) is 32.0 Å². The molecule has 1 unspecified atom stereocenters. The summed E-state index contributed by atoms with van der Waals surface area (Å²) in [5.74, 6) is -0.976. The lowest BCUT2D eigenvalue weighted by Crippen LogP contribution is -2.35. The summed E-state index contributed by atoms with van der Waals surface area (Å²) in [5.41, 5.74) is 7.46. The molecule has 0 fully saturated rings. The fourth-order valence-corrected chi connectivity index (χ4v) is 2.10. The van der Waals surface area contributed by atoms with Crippen molar-refractivity contribution in [1.29, 1.82) is 0 Å². The minimum Gasteiger partial charge on any atom is -0.480 e. The summed E-state index contributed by atoms with van der Waals surface area (Å²) in [6.07, 6.45) is 3.88. The topological polar surface area (TPSA) is 92.3 Å². The Hall–Kier alpha value is -2.31. The highest BCUT2D eigenvalue weighted by atomic mass is 16.4. The zero-order chi connectivity index (χ0) is 15.8. The third-order valence-electron chi connectivity index (χ3n) is 3.30. The molecule has 22 heavy (non-hydrogen) atoms. The highest BCUT2D eigenvalue weighted by Gasteiger charge is 2.15. The van der Waals surface area contributed by atoms with Gasteiger partial charge in [0.05, 0.1) is 11.4 Å². The second kappa shape index (κ2) is 8.21. The van der Waals surface area contributed by atoms with Gasteiger partial charge in [-0.1, -0.05) is 12.1 Å². The lowest BCUT2D eigenvalue weighted by molar-refractivity contribution is -0.138. The Kier molecular flexibility index (Phi) is 6.00. The number of carboxylic acids is 1. The van der Waals surface area contributed by atoms with Gasteiger partial charge in [0.25, 0.3) is 0 Å². The lowest BCUT2D eigenvalue weighted by Gasteiger charge is -2.22. The van der Waals surface area contributed by atoms with Gasteiger partial charge >= 0.3 is 5.97 Å². The quantitative estimate of drug-likeness (QED) is 0.763. The maximum atomic E-state index is 10.9. The summed E-state index contributed by atoms with van der Waals surface area (Å²) in [4.78, 5) is 21.6. The van der Waals surface area contributed by atoms with E-state index in [2.05, 4.69) is 14.9 Å². The fraction of sp³-hybridized carbons (Fsp3) is 0.312. The highest BCUT2D eigenvalue weighted by molar-refractivity contribution is 5.72. The molecule has 1 atom stereocenters. The van der Waals surface area contributed by atoms with Crippen LogP contribution in [0.3, 0.4) is 0 Å². The van der Waals surface area contributed by atoms with E-state index in [9.17, 15) is 4.79 Å². The number of aliphatic carboxylic acids is 1. The van der Waals surface area contributed by atoms with Crippen LogP contribution in [0, 0.1) is 0 Å². The van der Waals surface area contributed by atoms with Crippen molar-refractivity contribution in [3.05, 3.63) is 60.2 Å². The lowest BCUT2D eigenvalue weighted by atomic mass is 10.2. The van der Waals surface area contributed by atoms with Crippen LogP contribution in [-0.2, 0) is 17.9 Å². The molecule has 0 amide bonds. The standard InChI is InChI=1S/C16H20N4O2/c17-15(16(21)22)7-10-20(11-13-5-1-3-8-18-13)12-14-6-2-4-9-19-14/h1-6,8-9,15H,7,10-12,17H2,(H,21,22). The third kappa shape index (κ3) is 5.23. The number of hydrogen-bond donors (Lipinski definition) is 2. The number of rotatable bonds is 8. The van der Waals surface area contributed by atoms with E-state index in [1.54, 1.807) is 12.4 Å². The zero-order valence-corrected chi connectivity index (χ0v) is 12.3. The Bertz CT molecular complexity index is 536. The molecule has 2 aromatic heterocycles. The maximum Gasteiger partial charge on any atom is 0.320 e. The summed E-state index contributed by atoms with van der Waals surface area (Å²) >= 11 is 0. The molecular formula is C16H20N4O2. The summed E-state index contributed by atoms with van der Waals surface area (Å²) in [6.45, 7) is 1.83. The van der Waals surface area contributed by atoms with E-state index in [1.807, 2.05) is 36.4 Å². The second-order valence-corrected chi connectivity index (χ2v) is 5.09. The Balaban J connectivity index is 2.01. The van der Waals surface area contributed by atoms with Crippen molar-refractivity contribution in [2.75, 3.05) is 6.54 Å². The van der Waals surface area contributed by atoms with Gasteiger partial charge in [0.2, 0.25) is 0 Å². The second-order valence-electron chi connectivity index (χ2n) is 5.09. The van der Waals surface area contributed by atoms with Crippen molar-refractivity contribution >= 4 is 5.97 Å². The van der Waals surface area contributed by atoms with E-state index < -0.39 is 12.0 Å². The molecule has 3 N–H and O–H groups in total. The molecule has 6 nitrogen and oxygen atoms in total. The minimum absolute atomic E-state index is 0.384. The Morgan fingerprint density at radius 1 is 1.09 bits per heavy atom. The molecule has 0 spiro atoms. The Morgan fingerprint density at radius 2 is 1.64 bits per heavy atom. The zero-order valence-electron chi connectivity index (χ0n) is 12.3. The van der Waals surface area contributed by atoms with Crippen LogP contribution in [0.2, 0.25) is 0 Å². The molecule has 2 aromatic rings. The number of hydrogen-bond acceptors (Lipinski definition) is 5. The van der Waals surface area contributed by atoms with Crippen molar-refractivity contribution in [3.8, 4) is 0 Å². The van der Waals surface area contributed by atoms with Crippen LogP contribution >= 0.6 is 0 Å². The van der Waals surface area contributed by atoms with Gasteiger partial charge in [0.15, 0.2) is 0 Å². The van der Waals surface area contributed by atoms with E-state index in [1.165, 1.54) is 0 Å². The number of carboxylic acid groups (broad SMARTS) is 1. The molecular weight excluding hydrogens is 280 g/mol. The fourth-order valence-electron chi connectivity index (χ4n) is 2.10. The van der Waals surface area contributed by atoms with E-state index in [4.69, 9.17) is 10.8 Å². The van der Waals surface area contributed by atoms with Crippen LogP contribution in [0.5, 0.6) is 0 Å². The van der Waals surface area contributed by atoms with Crippen molar-refractivity contribution in [2.24, 2.45) is 5.73 Å². The first-order chi connectivity index (χ1) is 10.6. The van der Waals surface area contributed by atoms with Crippen LogP contribution in [0.15, 0.2) is 48.8 Å². The van der Waals surface area contributed by atoms with Crippen molar-refractivity contribution in [1.82, 2.24) is 14.9 Å². The minimum atomic E-state index is -0.976. The third-order valence-corrected chi connectivity index (χ3v) is 3.30. The maximum absolute atomic E-state index is 10.9. The van der Waals surface area contributed by atoms with E-state index in [0.717, 1.165) is 11.4 Å². The van der Waals surface area contributed by atoms with Crippen LogP contribution in [0.25, 0.3) is 0 Å². The predicted octanol–water partition coefficient (Wildman–Crippen LogP) is 1.28. The van der Waals surface area contributed by atoms with E-state index in [-0.39, 0.29) is 0 Å². The largest absolute Gasteiger partial charge is 0.480 e. The Labute approximate surface area is 129 Å². The van der Waals surface area contributed by atoms with Gasteiger partial charge in [0.1, 0.15) is 6.04 Å². The first-order valence-corrected chi connectivity index (χ1v) is 7.15. The molecule has 0 radical (unpaired) electrons. The Morgan fingerprint density at radius 3 is 2.05 bits per heavy atom. The van der Waals surface area contributed by atoms with Gasteiger partial charge in [-0.3, -0.25) is 19.7 Å². The van der Waals surface area contributed by atoms with Crippen molar-refractivity contribution < 1.29 is 9.90 Å². The number of nitrogens with two attached hydrogens (primary N) is 1. The first-order valence-electron chi connectivity index (χ1n) is 7.15. The number of pyridine rings is 2. The summed E-state index contributed by atoms with van der Waals surface area (Å²) < 4.78 is 0. The number of aromatic nitrogens is 2. The first kappa shape index (κ1) is 16.1. The smallest absolute Gasteiger partial charge is 0.320 e. The summed E-state index contributed by atoms with van der Waals surface area (Å²) in [6, 6.07) is 10.6. The average Bonchev–Trinajstić information content (AvgIpc) is 2.54. The van der Waals surface area contributed by atoms with Crippen LogP contribution in [-0.4, -0.2) is 38.5 Å². The molecule has 0 aliphatic carbocycles. The molecule has 0 saturated heterocycles. The van der Waals surface area contributed by atoms with Gasteiger partial charge in [-0.2, -0.15) is 0 Å². The molecule has 0 aliphatic rings. The molecule has 2 rings (SSSR count). The molecule has 0 aromatic carbocycles. The summed E-state index contributed by atoms with van der Waals surface area (Å²) in [7, 11) is 0. The van der Waals surface area contributed by atoms with Crippen LogP contribution in [0.4, 0.5) is 0 Å². The molecule has 116 valence electrons. The molecule has 2 heterocycles. The van der Waals surface area contributed by atoms with E-state index >= 15 is 0 Å². The average molecular weight is 300 g/mol. The number of carbonyl (C=O) groups is 1. The van der Waals surface area contributed by atoms with Gasteiger partial charge in [-0.25, -0.2) is 0 Å². The van der Waals surface area contributed by atoms with Gasteiger partial charge in [-0.05, 0) is 30.7 Å². The SMILES string of the molecule is NC(CCN(Cc1ccccn1)Cc1ccccn1)C(=O)O. The number of nitrogens with zero attached hydrogens (tertiary/aromatic N) is 3. The molecule has 0 aliphatic heterocycles. The van der Waals surface area contributed by atoms with Gasteiger partial charge < -0.3 is 10.8 Å². The normalized spacial score (nSPS) is 12.3. The molecule has 0 bridgehead atoms. The molecule has 0 saturated carbocycles. The van der Waals surface area contributed by atoms with Gasteiger partial charge in [-0.15, -0.1) is 0 Å². The molecule has 6 heteroatoms. The van der Waals surface area contributed by atoms with Crippen molar-refractivity contribution in [2.45, 2.75) is 25.6 Å². The predicted molar refractivity (Wildman–Crippen MR) is 82.8 cm³/mol. The van der Waals surface area contributed by atoms with Crippen molar-refractivity contribution in [3.63, 3.8) is 0 Å². The monoisotopic (exact) mass is 300 g/mol. The van der Waals surface area contributed by atoms with Crippen LogP contribution in [0.1, 0.15) is 17.8 Å².